The van der Waals surface area contributed by atoms with Crippen LogP contribution < -0.4 is 15.0 Å². The molecule has 2 saturated heterocycles. The predicted molar refractivity (Wildman–Crippen MR) is 98.0 cm³/mol. The van der Waals surface area contributed by atoms with E-state index in [-0.39, 0.29) is 0 Å². The normalized spacial score (nSPS) is 22.7. The number of hydrogen-bond acceptors (Lipinski definition) is 5. The molecule has 0 radical (unpaired) electrons. The summed E-state index contributed by atoms with van der Waals surface area (Å²) in [5, 5.41) is 4.58. The molecule has 2 aromatic rings. The molecule has 2 fully saturated rings. The van der Waals surface area contributed by atoms with Crippen molar-refractivity contribution in [3.63, 3.8) is 0 Å². The molecular formula is C19H26N4O. The minimum atomic E-state index is 0.661. The largest absolute Gasteiger partial charge is 0.497 e. The number of nitrogens with zero attached hydrogens (tertiary/aromatic N) is 3. The molecule has 24 heavy (non-hydrogen) atoms. The monoisotopic (exact) mass is 326 g/mol. The highest BCUT2D eigenvalue weighted by Crippen LogP contribution is 2.25. The third kappa shape index (κ3) is 3.19. The maximum atomic E-state index is 5.30. The van der Waals surface area contributed by atoms with Gasteiger partial charge in [-0.3, -0.25) is 4.90 Å². The van der Waals surface area contributed by atoms with Crippen LogP contribution in [0.15, 0.2) is 30.3 Å². The van der Waals surface area contributed by atoms with E-state index in [1.165, 1.54) is 25.9 Å². The molecule has 2 aliphatic rings. The van der Waals surface area contributed by atoms with E-state index < -0.39 is 0 Å². The zero-order chi connectivity index (χ0) is 16.4. The van der Waals surface area contributed by atoms with Crippen LogP contribution in [0.3, 0.4) is 0 Å². The number of anilines is 1. The van der Waals surface area contributed by atoms with E-state index in [2.05, 4.69) is 33.3 Å². The van der Waals surface area contributed by atoms with Crippen LogP contribution in [0.5, 0.6) is 5.75 Å². The minimum absolute atomic E-state index is 0.661. The third-order valence-corrected chi connectivity index (χ3v) is 5.27. The molecule has 1 unspecified atom stereocenters. The maximum absolute atomic E-state index is 5.30. The SMILES string of the molecule is COc1ccc2nc(N3CCCC(N4CCNCC4)C3)ccc2c1. The smallest absolute Gasteiger partial charge is 0.129 e. The summed E-state index contributed by atoms with van der Waals surface area (Å²) in [5.41, 5.74) is 1.04. The molecule has 5 heteroatoms. The molecule has 1 aromatic carbocycles. The molecule has 0 amide bonds. The van der Waals surface area contributed by atoms with E-state index in [0.717, 1.165) is 48.6 Å². The molecule has 2 aliphatic heterocycles. The second kappa shape index (κ2) is 6.95. The van der Waals surface area contributed by atoms with E-state index in [1.54, 1.807) is 7.11 Å². The van der Waals surface area contributed by atoms with Gasteiger partial charge in [0.15, 0.2) is 0 Å². The van der Waals surface area contributed by atoms with Crippen molar-refractivity contribution in [1.29, 1.82) is 0 Å². The van der Waals surface area contributed by atoms with Gasteiger partial charge in [0.1, 0.15) is 11.6 Å². The number of piperazine rings is 1. The van der Waals surface area contributed by atoms with Crippen LogP contribution in [-0.4, -0.2) is 62.3 Å². The van der Waals surface area contributed by atoms with E-state index in [4.69, 9.17) is 9.72 Å². The fraction of sp³-hybridized carbons (Fsp3) is 0.526. The van der Waals surface area contributed by atoms with Gasteiger partial charge in [0.05, 0.1) is 12.6 Å². The lowest BCUT2D eigenvalue weighted by molar-refractivity contribution is 0.156. The lowest BCUT2D eigenvalue weighted by Gasteiger charge is -2.41. The van der Waals surface area contributed by atoms with Crippen molar-refractivity contribution in [1.82, 2.24) is 15.2 Å². The minimum Gasteiger partial charge on any atom is -0.497 e. The van der Waals surface area contributed by atoms with Gasteiger partial charge >= 0.3 is 0 Å². The molecule has 128 valence electrons. The van der Waals surface area contributed by atoms with Gasteiger partial charge in [-0.2, -0.15) is 0 Å². The molecule has 0 bridgehead atoms. The molecular weight excluding hydrogens is 300 g/mol. The third-order valence-electron chi connectivity index (χ3n) is 5.27. The van der Waals surface area contributed by atoms with Crippen molar-refractivity contribution >= 4 is 16.7 Å². The Labute approximate surface area is 143 Å². The van der Waals surface area contributed by atoms with E-state index >= 15 is 0 Å². The van der Waals surface area contributed by atoms with Gasteiger partial charge in [-0.25, -0.2) is 4.98 Å². The van der Waals surface area contributed by atoms with Gasteiger partial charge in [-0.05, 0) is 43.2 Å². The van der Waals surface area contributed by atoms with Crippen LogP contribution in [0.1, 0.15) is 12.8 Å². The number of hydrogen-bond donors (Lipinski definition) is 1. The highest BCUT2D eigenvalue weighted by atomic mass is 16.5. The van der Waals surface area contributed by atoms with Gasteiger partial charge in [0.2, 0.25) is 0 Å². The number of nitrogens with one attached hydrogen (secondary N) is 1. The van der Waals surface area contributed by atoms with Gasteiger partial charge in [0.25, 0.3) is 0 Å². The fourth-order valence-corrected chi connectivity index (χ4v) is 3.90. The van der Waals surface area contributed by atoms with Gasteiger partial charge < -0.3 is 15.0 Å². The molecule has 1 atom stereocenters. The molecule has 0 spiro atoms. The van der Waals surface area contributed by atoms with Crippen molar-refractivity contribution in [2.24, 2.45) is 0 Å². The van der Waals surface area contributed by atoms with Gasteiger partial charge in [-0.1, -0.05) is 0 Å². The second-order valence-electron chi connectivity index (χ2n) is 6.76. The van der Waals surface area contributed by atoms with Crippen molar-refractivity contribution in [2.45, 2.75) is 18.9 Å². The Balaban J connectivity index is 1.52. The summed E-state index contributed by atoms with van der Waals surface area (Å²) in [6.07, 6.45) is 2.55. The van der Waals surface area contributed by atoms with Crippen LogP contribution in [0.25, 0.3) is 10.9 Å². The van der Waals surface area contributed by atoms with Crippen molar-refractivity contribution < 1.29 is 4.74 Å². The highest BCUT2D eigenvalue weighted by molar-refractivity contribution is 5.81. The average Bonchev–Trinajstić information content (AvgIpc) is 2.68. The van der Waals surface area contributed by atoms with E-state index in [9.17, 15) is 0 Å². The molecule has 0 saturated carbocycles. The van der Waals surface area contributed by atoms with Crippen molar-refractivity contribution in [3.05, 3.63) is 30.3 Å². The zero-order valence-corrected chi connectivity index (χ0v) is 14.4. The molecule has 3 heterocycles. The lowest BCUT2D eigenvalue weighted by atomic mass is 10.0. The van der Waals surface area contributed by atoms with Crippen LogP contribution in [-0.2, 0) is 0 Å². The number of ether oxygens (including phenoxy) is 1. The van der Waals surface area contributed by atoms with Crippen LogP contribution in [0.4, 0.5) is 5.82 Å². The number of rotatable bonds is 3. The first-order valence-electron chi connectivity index (χ1n) is 8.98. The lowest BCUT2D eigenvalue weighted by Crippen LogP contribution is -2.54. The Kier molecular flexibility index (Phi) is 4.54. The van der Waals surface area contributed by atoms with Crippen LogP contribution >= 0.6 is 0 Å². The number of benzene rings is 1. The van der Waals surface area contributed by atoms with Gasteiger partial charge in [0, 0.05) is 50.7 Å². The molecule has 1 N–H and O–H groups in total. The fourth-order valence-electron chi connectivity index (χ4n) is 3.90. The Hall–Kier alpha value is -1.85. The molecule has 1 aromatic heterocycles. The van der Waals surface area contributed by atoms with Gasteiger partial charge in [-0.15, -0.1) is 0 Å². The maximum Gasteiger partial charge on any atom is 0.129 e. The first-order valence-corrected chi connectivity index (χ1v) is 8.98. The summed E-state index contributed by atoms with van der Waals surface area (Å²) in [5.74, 6) is 1.99. The molecule has 4 rings (SSSR count). The van der Waals surface area contributed by atoms with Crippen molar-refractivity contribution in [2.75, 3.05) is 51.3 Å². The number of methoxy groups -OCH3 is 1. The van der Waals surface area contributed by atoms with E-state index in [0.29, 0.717) is 6.04 Å². The quantitative estimate of drug-likeness (QED) is 0.936. The number of fused-ring (bicyclic) bond motifs is 1. The standard InChI is InChI=1S/C19H26N4O/c1-24-17-5-6-18-15(13-17)4-7-19(21-18)23-10-2-3-16(14-23)22-11-8-20-9-12-22/h4-7,13,16,20H,2-3,8-12,14H2,1H3. The van der Waals surface area contributed by atoms with Crippen molar-refractivity contribution in [3.8, 4) is 5.75 Å². The predicted octanol–water partition coefficient (Wildman–Crippen LogP) is 2.12. The Morgan fingerprint density at radius 1 is 1.12 bits per heavy atom. The van der Waals surface area contributed by atoms with Crippen LogP contribution in [0.2, 0.25) is 0 Å². The zero-order valence-electron chi connectivity index (χ0n) is 14.4. The Morgan fingerprint density at radius 2 is 2.00 bits per heavy atom. The molecule has 5 nitrogen and oxygen atoms in total. The Morgan fingerprint density at radius 3 is 2.83 bits per heavy atom. The number of aromatic nitrogens is 1. The second-order valence-corrected chi connectivity index (χ2v) is 6.76. The van der Waals surface area contributed by atoms with E-state index in [1.807, 2.05) is 12.1 Å². The summed E-state index contributed by atoms with van der Waals surface area (Å²) in [7, 11) is 1.70. The first kappa shape index (κ1) is 15.7. The summed E-state index contributed by atoms with van der Waals surface area (Å²) in [6, 6.07) is 11.1. The number of pyridine rings is 1. The number of piperidine rings is 1. The first-order chi connectivity index (χ1) is 11.8. The topological polar surface area (TPSA) is 40.6 Å². The summed E-state index contributed by atoms with van der Waals surface area (Å²) in [6.45, 7) is 6.78. The summed E-state index contributed by atoms with van der Waals surface area (Å²) >= 11 is 0. The van der Waals surface area contributed by atoms with Crippen LogP contribution in [0, 0.1) is 0 Å². The summed E-state index contributed by atoms with van der Waals surface area (Å²) in [4.78, 5) is 10.00. The highest BCUT2D eigenvalue weighted by Gasteiger charge is 2.26. The summed E-state index contributed by atoms with van der Waals surface area (Å²) < 4.78 is 5.30. The Bertz CT molecular complexity index is 699. The average molecular weight is 326 g/mol. The molecule has 0 aliphatic carbocycles.